The van der Waals surface area contributed by atoms with Crippen molar-refractivity contribution in [3.05, 3.63) is 0 Å². The molecule has 1 heterocycles. The molecule has 2 fully saturated rings. The Hall–Kier alpha value is -0.610. The first-order valence-electron chi connectivity index (χ1n) is 6.71. The van der Waals surface area contributed by atoms with Crippen molar-refractivity contribution in [1.29, 1.82) is 0 Å². The smallest absolute Gasteiger partial charge is 0.326 e. The molecular weight excluding hydrogens is 216 g/mol. The number of likely N-dealkylation sites (tertiary alicyclic amines) is 1. The van der Waals surface area contributed by atoms with E-state index in [0.717, 1.165) is 25.9 Å². The lowest BCUT2D eigenvalue weighted by atomic mass is 9.86. The molecule has 0 unspecified atom stereocenters. The minimum absolute atomic E-state index is 0.0718. The fraction of sp³-hybridized carbons (Fsp3) is 0.923. The van der Waals surface area contributed by atoms with Crippen molar-refractivity contribution in [3.63, 3.8) is 0 Å². The molecule has 1 aliphatic heterocycles. The van der Waals surface area contributed by atoms with Crippen LogP contribution in [0.1, 0.15) is 38.5 Å². The van der Waals surface area contributed by atoms with Crippen LogP contribution in [0.15, 0.2) is 0 Å². The predicted molar refractivity (Wildman–Crippen MR) is 66.9 cm³/mol. The molecule has 17 heavy (non-hydrogen) atoms. The predicted octanol–water partition coefficient (Wildman–Crippen LogP) is 1.16. The van der Waals surface area contributed by atoms with Crippen LogP contribution in [0, 0.1) is 0 Å². The molecule has 0 atom stereocenters. The SMILES string of the molecule is COC(=O)C1(NC2CCCC2)CCN(C)CC1. The Bertz CT molecular complexity index is 267. The van der Waals surface area contributed by atoms with Gasteiger partial charge in [0.1, 0.15) is 5.54 Å². The van der Waals surface area contributed by atoms with Gasteiger partial charge in [0.2, 0.25) is 0 Å². The number of carbonyl (C=O) groups is 1. The quantitative estimate of drug-likeness (QED) is 0.752. The Morgan fingerprint density at radius 2 is 1.88 bits per heavy atom. The van der Waals surface area contributed by atoms with E-state index < -0.39 is 5.54 Å². The minimum atomic E-state index is -0.420. The summed E-state index contributed by atoms with van der Waals surface area (Å²) >= 11 is 0. The second-order valence-electron chi connectivity index (χ2n) is 5.50. The van der Waals surface area contributed by atoms with Crippen molar-refractivity contribution < 1.29 is 9.53 Å². The Kier molecular flexibility index (Phi) is 4.05. The van der Waals surface area contributed by atoms with Gasteiger partial charge in [-0.15, -0.1) is 0 Å². The number of nitrogens with zero attached hydrogens (tertiary/aromatic N) is 1. The van der Waals surface area contributed by atoms with Crippen molar-refractivity contribution in [3.8, 4) is 0 Å². The zero-order valence-electron chi connectivity index (χ0n) is 11.0. The Morgan fingerprint density at radius 3 is 2.41 bits per heavy atom. The summed E-state index contributed by atoms with van der Waals surface area (Å²) in [4.78, 5) is 14.4. The van der Waals surface area contributed by atoms with E-state index in [4.69, 9.17) is 4.74 Å². The summed E-state index contributed by atoms with van der Waals surface area (Å²) in [6.07, 6.45) is 6.71. The highest BCUT2D eigenvalue weighted by atomic mass is 16.5. The maximum absolute atomic E-state index is 12.1. The highest BCUT2D eigenvalue weighted by Crippen LogP contribution is 2.27. The van der Waals surface area contributed by atoms with Gasteiger partial charge in [-0.2, -0.15) is 0 Å². The summed E-state index contributed by atoms with van der Waals surface area (Å²) in [5.41, 5.74) is -0.420. The van der Waals surface area contributed by atoms with E-state index in [0.29, 0.717) is 6.04 Å². The van der Waals surface area contributed by atoms with Gasteiger partial charge in [0.15, 0.2) is 0 Å². The largest absolute Gasteiger partial charge is 0.468 e. The van der Waals surface area contributed by atoms with E-state index >= 15 is 0 Å². The molecule has 0 aromatic rings. The first kappa shape index (κ1) is 12.8. The molecule has 98 valence electrons. The van der Waals surface area contributed by atoms with Crippen molar-refractivity contribution in [2.45, 2.75) is 50.1 Å². The molecule has 1 N–H and O–H groups in total. The topological polar surface area (TPSA) is 41.6 Å². The Morgan fingerprint density at radius 1 is 1.29 bits per heavy atom. The number of esters is 1. The van der Waals surface area contributed by atoms with Crippen LogP contribution in [0.25, 0.3) is 0 Å². The minimum Gasteiger partial charge on any atom is -0.468 e. The second-order valence-corrected chi connectivity index (χ2v) is 5.50. The zero-order valence-corrected chi connectivity index (χ0v) is 11.0. The fourth-order valence-corrected chi connectivity index (χ4v) is 3.06. The molecule has 2 rings (SSSR count). The third-order valence-electron chi connectivity index (χ3n) is 4.25. The van der Waals surface area contributed by atoms with Crippen LogP contribution < -0.4 is 5.32 Å². The molecule has 1 aliphatic carbocycles. The summed E-state index contributed by atoms with van der Waals surface area (Å²) in [7, 11) is 3.61. The van der Waals surface area contributed by atoms with Gasteiger partial charge >= 0.3 is 5.97 Å². The number of piperidine rings is 1. The molecule has 4 nitrogen and oxygen atoms in total. The number of hydrogen-bond acceptors (Lipinski definition) is 4. The van der Waals surface area contributed by atoms with Crippen LogP contribution in [0.3, 0.4) is 0 Å². The van der Waals surface area contributed by atoms with E-state index in [2.05, 4.69) is 17.3 Å². The fourth-order valence-electron chi connectivity index (χ4n) is 3.06. The van der Waals surface area contributed by atoms with Gasteiger partial charge in [-0.25, -0.2) is 0 Å². The number of nitrogens with one attached hydrogen (secondary N) is 1. The van der Waals surface area contributed by atoms with Crippen LogP contribution in [0.5, 0.6) is 0 Å². The lowest BCUT2D eigenvalue weighted by Crippen LogP contribution is -2.60. The van der Waals surface area contributed by atoms with Gasteiger partial charge in [0.05, 0.1) is 7.11 Å². The highest BCUT2D eigenvalue weighted by Gasteiger charge is 2.43. The van der Waals surface area contributed by atoms with Gasteiger partial charge in [0.25, 0.3) is 0 Å². The van der Waals surface area contributed by atoms with Gasteiger partial charge < -0.3 is 9.64 Å². The summed E-state index contributed by atoms with van der Waals surface area (Å²) in [5, 5.41) is 3.60. The molecule has 0 aromatic heterocycles. The van der Waals surface area contributed by atoms with E-state index in [1.807, 2.05) is 0 Å². The molecule has 4 heteroatoms. The second kappa shape index (κ2) is 5.36. The standard InChI is InChI=1S/C13H24N2O2/c1-15-9-7-13(8-10-15,12(16)17-2)14-11-5-3-4-6-11/h11,14H,3-10H2,1-2H3. The Balaban J connectivity index is 2.03. The van der Waals surface area contributed by atoms with Crippen LogP contribution in [0.2, 0.25) is 0 Å². The lowest BCUT2D eigenvalue weighted by Gasteiger charge is -2.40. The molecular formula is C13H24N2O2. The number of methoxy groups -OCH3 is 1. The summed E-state index contributed by atoms with van der Waals surface area (Å²) in [6, 6.07) is 0.512. The molecule has 1 saturated heterocycles. The van der Waals surface area contributed by atoms with Crippen LogP contribution in [0.4, 0.5) is 0 Å². The van der Waals surface area contributed by atoms with Crippen LogP contribution in [-0.4, -0.2) is 49.7 Å². The zero-order chi connectivity index (χ0) is 12.3. The maximum atomic E-state index is 12.1. The van der Waals surface area contributed by atoms with Crippen LogP contribution >= 0.6 is 0 Å². The van der Waals surface area contributed by atoms with Gasteiger partial charge in [-0.3, -0.25) is 10.1 Å². The van der Waals surface area contributed by atoms with E-state index in [-0.39, 0.29) is 5.97 Å². The van der Waals surface area contributed by atoms with Gasteiger partial charge in [-0.05, 0) is 32.7 Å². The molecule has 0 bridgehead atoms. The molecule has 2 aliphatic rings. The number of ether oxygens (including phenoxy) is 1. The van der Waals surface area contributed by atoms with Gasteiger partial charge in [-0.1, -0.05) is 12.8 Å². The average Bonchev–Trinajstić information content (AvgIpc) is 2.84. The normalized spacial score (nSPS) is 26.0. The number of hydrogen-bond donors (Lipinski definition) is 1. The summed E-state index contributed by atoms with van der Waals surface area (Å²) < 4.78 is 5.02. The summed E-state index contributed by atoms with van der Waals surface area (Å²) in [5.74, 6) is -0.0718. The first-order valence-corrected chi connectivity index (χ1v) is 6.71. The summed E-state index contributed by atoms with van der Waals surface area (Å²) in [6.45, 7) is 1.93. The Labute approximate surface area is 104 Å². The molecule has 0 aromatic carbocycles. The van der Waals surface area contributed by atoms with Gasteiger partial charge in [0, 0.05) is 19.1 Å². The average molecular weight is 240 g/mol. The third-order valence-corrected chi connectivity index (χ3v) is 4.25. The monoisotopic (exact) mass is 240 g/mol. The van der Waals surface area contributed by atoms with Crippen molar-refractivity contribution >= 4 is 5.97 Å². The van der Waals surface area contributed by atoms with Crippen molar-refractivity contribution in [1.82, 2.24) is 10.2 Å². The number of carbonyl (C=O) groups excluding carboxylic acids is 1. The first-order chi connectivity index (χ1) is 8.16. The third kappa shape index (κ3) is 2.80. The van der Waals surface area contributed by atoms with Crippen LogP contribution in [-0.2, 0) is 9.53 Å². The van der Waals surface area contributed by atoms with Crippen molar-refractivity contribution in [2.24, 2.45) is 0 Å². The number of rotatable bonds is 3. The molecule has 0 amide bonds. The molecule has 0 radical (unpaired) electrons. The lowest BCUT2D eigenvalue weighted by molar-refractivity contribution is -0.151. The van der Waals surface area contributed by atoms with E-state index in [9.17, 15) is 4.79 Å². The van der Waals surface area contributed by atoms with Crippen molar-refractivity contribution in [2.75, 3.05) is 27.2 Å². The maximum Gasteiger partial charge on any atom is 0.326 e. The molecule has 1 saturated carbocycles. The molecule has 0 spiro atoms. The van der Waals surface area contributed by atoms with E-state index in [1.54, 1.807) is 0 Å². The highest BCUT2D eigenvalue weighted by molar-refractivity contribution is 5.81. The van der Waals surface area contributed by atoms with E-state index in [1.165, 1.54) is 32.8 Å².